The standard InChI is InChI=1S/C14H27N3O/c1-10(2)12(18)14(7-8-14)9-16-13(15)17-11-5-3-4-6-11/h10-12,18H,3-9H2,1-2H3,(H3,15,16,17). The van der Waals surface area contributed by atoms with E-state index in [-0.39, 0.29) is 11.5 Å². The number of rotatable bonds is 5. The molecule has 1 unspecified atom stereocenters. The summed E-state index contributed by atoms with van der Waals surface area (Å²) in [4.78, 5) is 4.45. The summed E-state index contributed by atoms with van der Waals surface area (Å²) >= 11 is 0. The summed E-state index contributed by atoms with van der Waals surface area (Å²) in [5, 5.41) is 13.5. The van der Waals surface area contributed by atoms with Gasteiger partial charge >= 0.3 is 0 Å². The molecule has 2 aliphatic rings. The summed E-state index contributed by atoms with van der Waals surface area (Å²) in [5.74, 6) is 0.857. The highest BCUT2D eigenvalue weighted by Gasteiger charge is 2.49. The van der Waals surface area contributed by atoms with E-state index in [4.69, 9.17) is 5.73 Å². The molecule has 2 saturated carbocycles. The van der Waals surface area contributed by atoms with Gasteiger partial charge in [-0.25, -0.2) is 0 Å². The van der Waals surface area contributed by atoms with Crippen LogP contribution in [0.2, 0.25) is 0 Å². The molecule has 0 bridgehead atoms. The van der Waals surface area contributed by atoms with Crippen LogP contribution in [0.4, 0.5) is 0 Å². The topological polar surface area (TPSA) is 70.6 Å². The Morgan fingerprint density at radius 3 is 2.50 bits per heavy atom. The normalized spacial score (nSPS) is 25.4. The van der Waals surface area contributed by atoms with Crippen LogP contribution in [-0.4, -0.2) is 29.8 Å². The molecule has 0 aliphatic heterocycles. The third-order valence-corrected chi connectivity index (χ3v) is 4.42. The van der Waals surface area contributed by atoms with Gasteiger partial charge in [-0.3, -0.25) is 4.99 Å². The van der Waals surface area contributed by atoms with Gasteiger partial charge in [0.15, 0.2) is 5.96 Å². The summed E-state index contributed by atoms with van der Waals surface area (Å²) in [6.07, 6.45) is 6.90. The van der Waals surface area contributed by atoms with Crippen molar-refractivity contribution < 1.29 is 5.11 Å². The largest absolute Gasteiger partial charge is 0.392 e. The Balaban J connectivity index is 1.82. The van der Waals surface area contributed by atoms with E-state index in [9.17, 15) is 5.11 Å². The molecule has 0 radical (unpaired) electrons. The average Bonchev–Trinajstić information content (AvgIpc) is 2.96. The highest BCUT2D eigenvalue weighted by molar-refractivity contribution is 5.78. The van der Waals surface area contributed by atoms with Crippen LogP contribution in [-0.2, 0) is 0 Å². The van der Waals surface area contributed by atoms with Crippen molar-refractivity contribution in [1.82, 2.24) is 5.32 Å². The highest BCUT2D eigenvalue weighted by atomic mass is 16.3. The molecule has 2 aliphatic carbocycles. The fourth-order valence-electron chi connectivity index (χ4n) is 2.98. The van der Waals surface area contributed by atoms with Crippen LogP contribution in [0, 0.1) is 11.3 Å². The van der Waals surface area contributed by atoms with E-state index in [2.05, 4.69) is 24.2 Å². The molecule has 1 atom stereocenters. The highest BCUT2D eigenvalue weighted by Crippen LogP contribution is 2.50. The van der Waals surface area contributed by atoms with Crippen molar-refractivity contribution in [2.75, 3.05) is 6.54 Å². The molecule has 4 heteroatoms. The minimum Gasteiger partial charge on any atom is -0.392 e. The van der Waals surface area contributed by atoms with E-state index in [1.165, 1.54) is 25.7 Å². The van der Waals surface area contributed by atoms with E-state index in [1.54, 1.807) is 0 Å². The molecule has 4 N–H and O–H groups in total. The number of nitrogens with zero attached hydrogens (tertiary/aromatic N) is 1. The lowest BCUT2D eigenvalue weighted by Crippen LogP contribution is -2.39. The first-order valence-electron chi connectivity index (χ1n) is 7.28. The average molecular weight is 253 g/mol. The van der Waals surface area contributed by atoms with Gasteiger partial charge in [0.05, 0.1) is 12.6 Å². The zero-order valence-corrected chi connectivity index (χ0v) is 11.7. The Kier molecular flexibility index (Phi) is 4.15. The molecule has 0 aromatic rings. The van der Waals surface area contributed by atoms with Crippen molar-refractivity contribution in [3.63, 3.8) is 0 Å². The maximum absolute atomic E-state index is 10.2. The Labute approximate surface area is 110 Å². The molecule has 104 valence electrons. The molecular weight excluding hydrogens is 226 g/mol. The molecule has 0 spiro atoms. The van der Waals surface area contributed by atoms with Crippen LogP contribution in [0.3, 0.4) is 0 Å². The zero-order valence-electron chi connectivity index (χ0n) is 11.7. The number of aliphatic imine (C=N–C) groups is 1. The number of hydrogen-bond acceptors (Lipinski definition) is 2. The maximum Gasteiger partial charge on any atom is 0.188 e. The summed E-state index contributed by atoms with van der Waals surface area (Å²) in [6, 6.07) is 0.513. The van der Waals surface area contributed by atoms with Gasteiger partial charge < -0.3 is 16.2 Å². The zero-order chi connectivity index (χ0) is 13.2. The lowest BCUT2D eigenvalue weighted by molar-refractivity contribution is 0.0549. The third kappa shape index (κ3) is 3.16. The molecule has 0 heterocycles. The van der Waals surface area contributed by atoms with Crippen molar-refractivity contribution in [2.24, 2.45) is 22.1 Å². The Bertz CT molecular complexity index is 304. The predicted molar refractivity (Wildman–Crippen MR) is 74.4 cm³/mol. The van der Waals surface area contributed by atoms with Crippen molar-refractivity contribution >= 4 is 5.96 Å². The van der Waals surface area contributed by atoms with Crippen molar-refractivity contribution in [1.29, 1.82) is 0 Å². The minimum atomic E-state index is -0.250. The van der Waals surface area contributed by atoms with Gasteiger partial charge in [0.25, 0.3) is 0 Å². The Morgan fingerprint density at radius 2 is 2.00 bits per heavy atom. The first-order valence-corrected chi connectivity index (χ1v) is 7.28. The van der Waals surface area contributed by atoms with Gasteiger partial charge in [0.1, 0.15) is 0 Å². The van der Waals surface area contributed by atoms with Crippen molar-refractivity contribution in [3.05, 3.63) is 0 Å². The van der Waals surface area contributed by atoms with Gasteiger partial charge in [0.2, 0.25) is 0 Å². The van der Waals surface area contributed by atoms with Crippen molar-refractivity contribution in [3.8, 4) is 0 Å². The number of nitrogens with one attached hydrogen (secondary N) is 1. The third-order valence-electron chi connectivity index (χ3n) is 4.42. The fourth-order valence-corrected chi connectivity index (χ4v) is 2.98. The van der Waals surface area contributed by atoms with E-state index >= 15 is 0 Å². The molecule has 18 heavy (non-hydrogen) atoms. The number of nitrogens with two attached hydrogens (primary N) is 1. The second-order valence-corrected chi connectivity index (χ2v) is 6.38. The molecule has 2 fully saturated rings. The van der Waals surface area contributed by atoms with Crippen LogP contribution < -0.4 is 11.1 Å². The summed E-state index contributed by atoms with van der Waals surface area (Å²) in [7, 11) is 0. The summed E-state index contributed by atoms with van der Waals surface area (Å²) < 4.78 is 0. The fraction of sp³-hybridized carbons (Fsp3) is 0.929. The number of aliphatic hydroxyl groups is 1. The number of aliphatic hydroxyl groups excluding tert-OH is 1. The molecular formula is C14H27N3O. The van der Waals surface area contributed by atoms with E-state index < -0.39 is 0 Å². The summed E-state index contributed by atoms with van der Waals surface area (Å²) in [5.41, 5.74) is 5.93. The van der Waals surface area contributed by atoms with Crippen LogP contribution in [0.25, 0.3) is 0 Å². The van der Waals surface area contributed by atoms with E-state index in [1.807, 2.05) is 0 Å². The van der Waals surface area contributed by atoms with Gasteiger partial charge in [0, 0.05) is 11.5 Å². The van der Waals surface area contributed by atoms with Crippen LogP contribution in [0.1, 0.15) is 52.4 Å². The molecule has 2 rings (SSSR count). The SMILES string of the molecule is CC(C)C(O)C1(CN=C(N)NC2CCCC2)CC1. The minimum absolute atomic E-state index is 0.0101. The first-order chi connectivity index (χ1) is 8.53. The monoisotopic (exact) mass is 253 g/mol. The molecule has 4 nitrogen and oxygen atoms in total. The van der Waals surface area contributed by atoms with Crippen LogP contribution in [0.5, 0.6) is 0 Å². The van der Waals surface area contributed by atoms with Crippen molar-refractivity contribution in [2.45, 2.75) is 64.5 Å². The van der Waals surface area contributed by atoms with Gasteiger partial charge in [-0.1, -0.05) is 26.7 Å². The lowest BCUT2D eigenvalue weighted by atomic mass is 9.90. The maximum atomic E-state index is 10.2. The Hall–Kier alpha value is -0.770. The van der Waals surface area contributed by atoms with Gasteiger partial charge in [-0.15, -0.1) is 0 Å². The van der Waals surface area contributed by atoms with E-state index in [0.717, 1.165) is 12.8 Å². The smallest absolute Gasteiger partial charge is 0.188 e. The van der Waals surface area contributed by atoms with Crippen LogP contribution in [0.15, 0.2) is 4.99 Å². The first kappa shape index (κ1) is 13.7. The van der Waals surface area contributed by atoms with Gasteiger partial charge in [-0.2, -0.15) is 0 Å². The van der Waals surface area contributed by atoms with Gasteiger partial charge in [-0.05, 0) is 31.6 Å². The molecule has 0 saturated heterocycles. The lowest BCUT2D eigenvalue weighted by Gasteiger charge is -2.24. The second kappa shape index (κ2) is 5.47. The van der Waals surface area contributed by atoms with E-state index in [0.29, 0.717) is 24.5 Å². The molecule has 0 amide bonds. The van der Waals surface area contributed by atoms with Crippen LogP contribution >= 0.6 is 0 Å². The molecule has 0 aromatic heterocycles. The summed E-state index contributed by atoms with van der Waals surface area (Å²) in [6.45, 7) is 4.79. The quantitative estimate of drug-likeness (QED) is 0.515. The Morgan fingerprint density at radius 1 is 1.39 bits per heavy atom. The number of guanidine groups is 1. The predicted octanol–water partition coefficient (Wildman–Crippen LogP) is 1.63. The number of hydrogen-bond donors (Lipinski definition) is 3. The second-order valence-electron chi connectivity index (χ2n) is 6.38. The molecule has 0 aromatic carbocycles.